The van der Waals surface area contributed by atoms with Crippen molar-refractivity contribution in [1.29, 1.82) is 0 Å². The molecule has 0 amide bonds. The second-order valence-electron chi connectivity index (χ2n) is 3.91. The van der Waals surface area contributed by atoms with E-state index in [1.807, 2.05) is 12.1 Å². The summed E-state index contributed by atoms with van der Waals surface area (Å²) in [5, 5.41) is 0. The lowest BCUT2D eigenvalue weighted by atomic mass is 10.2. The molecule has 19 heavy (non-hydrogen) atoms. The van der Waals surface area contributed by atoms with Gasteiger partial charge >= 0.3 is 5.97 Å². The number of rotatable bonds is 3. The maximum atomic E-state index is 11.4. The quantitative estimate of drug-likeness (QED) is 0.676. The first kappa shape index (κ1) is 12.9. The highest BCUT2D eigenvalue weighted by atomic mass is 16.5. The molecule has 0 saturated heterocycles. The van der Waals surface area contributed by atoms with Gasteiger partial charge in [0.1, 0.15) is 0 Å². The largest absolute Gasteiger partial charge is 0.465 e. The summed E-state index contributed by atoms with van der Waals surface area (Å²) in [5.74, 6) is 0.485. The molecule has 0 bridgehead atoms. The Morgan fingerprint density at radius 2 is 1.95 bits per heavy atom. The Kier molecular flexibility index (Phi) is 3.66. The fourth-order valence-corrected chi connectivity index (χ4v) is 1.61. The summed E-state index contributed by atoms with van der Waals surface area (Å²) in [6, 6.07) is 10.3. The number of nitrogens with two attached hydrogens (primary N) is 1. The first-order chi connectivity index (χ1) is 9.11. The Hall–Kier alpha value is -2.56. The van der Waals surface area contributed by atoms with Crippen LogP contribution >= 0.6 is 0 Å². The molecule has 2 N–H and O–H groups in total. The third-order valence-electron chi connectivity index (χ3n) is 2.60. The van der Waals surface area contributed by atoms with Crippen LogP contribution in [0.25, 0.3) is 0 Å². The van der Waals surface area contributed by atoms with Crippen LogP contribution in [0.3, 0.4) is 0 Å². The average Bonchev–Trinajstić information content (AvgIpc) is 2.41. The number of aryl methyl sites for hydroxylation is 1. The molecular formula is C14H14N2O3. The zero-order valence-corrected chi connectivity index (χ0v) is 10.7. The zero-order valence-electron chi connectivity index (χ0n) is 10.7. The Bertz CT molecular complexity index is 611. The normalized spacial score (nSPS) is 10.0. The van der Waals surface area contributed by atoms with E-state index in [-0.39, 0.29) is 0 Å². The Morgan fingerprint density at radius 1 is 1.21 bits per heavy atom. The molecular weight excluding hydrogens is 244 g/mol. The number of esters is 1. The Morgan fingerprint density at radius 3 is 2.58 bits per heavy atom. The summed E-state index contributed by atoms with van der Waals surface area (Å²) in [5.41, 5.74) is 7.26. The van der Waals surface area contributed by atoms with Gasteiger partial charge in [-0.15, -0.1) is 0 Å². The summed E-state index contributed by atoms with van der Waals surface area (Å²) in [4.78, 5) is 15.6. The van der Waals surface area contributed by atoms with Crippen molar-refractivity contribution < 1.29 is 14.3 Å². The molecule has 0 fully saturated rings. The minimum atomic E-state index is -0.421. The molecule has 0 unspecified atom stereocenters. The molecule has 2 aromatic rings. The SMILES string of the molecule is COC(=O)c1ccc(Oc2ccccc2N)nc1C. The van der Waals surface area contributed by atoms with Gasteiger partial charge in [0.2, 0.25) is 5.88 Å². The average molecular weight is 258 g/mol. The van der Waals surface area contributed by atoms with E-state index in [0.717, 1.165) is 0 Å². The minimum Gasteiger partial charge on any atom is -0.465 e. The van der Waals surface area contributed by atoms with E-state index in [1.54, 1.807) is 31.2 Å². The molecule has 0 aliphatic rings. The highest BCUT2D eigenvalue weighted by molar-refractivity contribution is 5.90. The van der Waals surface area contributed by atoms with Crippen molar-refractivity contribution in [3.05, 3.63) is 47.7 Å². The first-order valence-electron chi connectivity index (χ1n) is 5.70. The van der Waals surface area contributed by atoms with Crippen LogP contribution in [0.5, 0.6) is 11.6 Å². The molecule has 5 nitrogen and oxygen atoms in total. The zero-order chi connectivity index (χ0) is 13.8. The maximum Gasteiger partial charge on any atom is 0.339 e. The lowest BCUT2D eigenvalue weighted by Gasteiger charge is -2.09. The summed E-state index contributed by atoms with van der Waals surface area (Å²) in [6.45, 7) is 1.72. The molecule has 1 aromatic carbocycles. The van der Waals surface area contributed by atoms with Crippen LogP contribution in [0.4, 0.5) is 5.69 Å². The number of carbonyl (C=O) groups is 1. The number of para-hydroxylation sites is 2. The number of benzene rings is 1. The van der Waals surface area contributed by atoms with Crippen molar-refractivity contribution in [3.63, 3.8) is 0 Å². The van der Waals surface area contributed by atoms with Crippen molar-refractivity contribution >= 4 is 11.7 Å². The van der Waals surface area contributed by atoms with E-state index in [2.05, 4.69) is 9.72 Å². The predicted octanol–water partition coefficient (Wildman–Crippen LogP) is 2.55. The molecule has 0 atom stereocenters. The summed E-state index contributed by atoms with van der Waals surface area (Å²) in [6.07, 6.45) is 0. The van der Waals surface area contributed by atoms with Crippen LogP contribution in [0.2, 0.25) is 0 Å². The molecule has 0 spiro atoms. The van der Waals surface area contributed by atoms with E-state index < -0.39 is 5.97 Å². The second-order valence-corrected chi connectivity index (χ2v) is 3.91. The predicted molar refractivity (Wildman–Crippen MR) is 71.2 cm³/mol. The Labute approximate surface area is 111 Å². The molecule has 1 heterocycles. The monoisotopic (exact) mass is 258 g/mol. The molecule has 98 valence electrons. The third-order valence-corrected chi connectivity index (χ3v) is 2.60. The molecule has 0 aliphatic heterocycles. The lowest BCUT2D eigenvalue weighted by Crippen LogP contribution is -2.05. The second kappa shape index (κ2) is 5.39. The number of methoxy groups -OCH3 is 1. The van der Waals surface area contributed by atoms with Gasteiger partial charge in [-0.1, -0.05) is 12.1 Å². The standard InChI is InChI=1S/C14H14N2O3/c1-9-10(14(17)18-2)7-8-13(16-9)19-12-6-4-3-5-11(12)15/h3-8H,15H2,1-2H3. The van der Waals surface area contributed by atoms with Crippen LogP contribution < -0.4 is 10.5 Å². The molecule has 0 saturated carbocycles. The Balaban J connectivity index is 2.26. The van der Waals surface area contributed by atoms with Gasteiger partial charge in [0.05, 0.1) is 24.1 Å². The van der Waals surface area contributed by atoms with Gasteiger partial charge < -0.3 is 15.2 Å². The van der Waals surface area contributed by atoms with Crippen LogP contribution in [0, 0.1) is 6.92 Å². The fourth-order valence-electron chi connectivity index (χ4n) is 1.61. The minimum absolute atomic E-state index is 0.378. The number of ether oxygens (including phenoxy) is 2. The van der Waals surface area contributed by atoms with Gasteiger partial charge in [-0.2, -0.15) is 0 Å². The van der Waals surface area contributed by atoms with Gasteiger partial charge in [0, 0.05) is 6.07 Å². The van der Waals surface area contributed by atoms with Gasteiger partial charge in [-0.05, 0) is 25.1 Å². The molecule has 5 heteroatoms. The van der Waals surface area contributed by atoms with E-state index in [9.17, 15) is 4.79 Å². The van der Waals surface area contributed by atoms with Crippen LogP contribution in [-0.4, -0.2) is 18.1 Å². The number of aromatic nitrogens is 1. The number of hydrogen-bond acceptors (Lipinski definition) is 5. The third kappa shape index (κ3) is 2.82. The number of pyridine rings is 1. The van der Waals surface area contributed by atoms with Crippen LogP contribution in [0.15, 0.2) is 36.4 Å². The maximum absolute atomic E-state index is 11.4. The lowest BCUT2D eigenvalue weighted by molar-refractivity contribution is 0.0599. The molecule has 0 radical (unpaired) electrons. The summed E-state index contributed by atoms with van der Waals surface area (Å²) in [7, 11) is 1.33. The van der Waals surface area contributed by atoms with Crippen molar-refractivity contribution in [1.82, 2.24) is 4.98 Å². The molecule has 0 aliphatic carbocycles. The molecule has 2 rings (SSSR count). The fraction of sp³-hybridized carbons (Fsp3) is 0.143. The highest BCUT2D eigenvalue weighted by Crippen LogP contribution is 2.26. The van der Waals surface area contributed by atoms with Crippen molar-refractivity contribution in [2.75, 3.05) is 12.8 Å². The summed E-state index contributed by atoms with van der Waals surface area (Å²) < 4.78 is 10.2. The van der Waals surface area contributed by atoms with Gasteiger partial charge in [-0.3, -0.25) is 0 Å². The van der Waals surface area contributed by atoms with Crippen molar-refractivity contribution in [2.24, 2.45) is 0 Å². The van der Waals surface area contributed by atoms with E-state index in [0.29, 0.717) is 28.6 Å². The van der Waals surface area contributed by atoms with Gasteiger partial charge in [-0.25, -0.2) is 9.78 Å². The van der Waals surface area contributed by atoms with E-state index in [1.165, 1.54) is 7.11 Å². The van der Waals surface area contributed by atoms with Gasteiger partial charge in [0.15, 0.2) is 5.75 Å². The smallest absolute Gasteiger partial charge is 0.339 e. The first-order valence-corrected chi connectivity index (χ1v) is 5.70. The topological polar surface area (TPSA) is 74.4 Å². The van der Waals surface area contributed by atoms with E-state index in [4.69, 9.17) is 10.5 Å². The van der Waals surface area contributed by atoms with Gasteiger partial charge in [0.25, 0.3) is 0 Å². The van der Waals surface area contributed by atoms with Crippen LogP contribution in [-0.2, 0) is 4.74 Å². The number of carbonyl (C=O) groups excluding carboxylic acids is 1. The highest BCUT2D eigenvalue weighted by Gasteiger charge is 2.11. The van der Waals surface area contributed by atoms with Crippen LogP contribution in [0.1, 0.15) is 16.1 Å². The number of nitrogens with zero attached hydrogens (tertiary/aromatic N) is 1. The van der Waals surface area contributed by atoms with Crippen molar-refractivity contribution in [2.45, 2.75) is 6.92 Å². The summed E-state index contributed by atoms with van der Waals surface area (Å²) >= 11 is 0. The van der Waals surface area contributed by atoms with E-state index >= 15 is 0 Å². The molecule has 1 aromatic heterocycles. The van der Waals surface area contributed by atoms with Crippen molar-refractivity contribution in [3.8, 4) is 11.6 Å². The number of hydrogen-bond donors (Lipinski definition) is 1. The number of nitrogen functional groups attached to an aromatic ring is 1. The number of anilines is 1.